The lowest BCUT2D eigenvalue weighted by atomic mass is 10.4. The van der Waals surface area contributed by atoms with Gasteiger partial charge in [-0.15, -0.1) is 0 Å². The zero-order chi connectivity index (χ0) is 7.98. The topological polar surface area (TPSA) is 52.0 Å². The standard InChI is InChI=1S/C5H8N2O.C2H6/c1-2-4-3-5(6)7-8-4;1-2/h3H,2H2,1H3,(H2,6,7);1-2H3. The van der Waals surface area contributed by atoms with E-state index in [2.05, 4.69) is 5.16 Å². The van der Waals surface area contributed by atoms with Crippen LogP contribution in [0.1, 0.15) is 26.5 Å². The fourth-order valence-corrected chi connectivity index (χ4v) is 0.496. The van der Waals surface area contributed by atoms with Gasteiger partial charge in [-0.05, 0) is 0 Å². The molecule has 0 aromatic carbocycles. The van der Waals surface area contributed by atoms with Gasteiger partial charge in [0.25, 0.3) is 0 Å². The molecule has 1 heterocycles. The summed E-state index contributed by atoms with van der Waals surface area (Å²) < 4.78 is 4.74. The van der Waals surface area contributed by atoms with Gasteiger partial charge in [-0.25, -0.2) is 0 Å². The van der Waals surface area contributed by atoms with E-state index in [1.165, 1.54) is 0 Å². The number of hydrogen-bond donors (Lipinski definition) is 1. The number of aromatic nitrogens is 1. The molecule has 1 aromatic heterocycles. The van der Waals surface area contributed by atoms with Crippen molar-refractivity contribution in [1.29, 1.82) is 0 Å². The fourth-order valence-electron chi connectivity index (χ4n) is 0.496. The predicted octanol–water partition coefficient (Wildman–Crippen LogP) is 1.85. The predicted molar refractivity (Wildman–Crippen MR) is 41.6 cm³/mol. The van der Waals surface area contributed by atoms with Crippen LogP contribution in [-0.4, -0.2) is 5.16 Å². The van der Waals surface area contributed by atoms with Crippen LogP contribution in [0, 0.1) is 0 Å². The molecular weight excluding hydrogens is 128 g/mol. The van der Waals surface area contributed by atoms with E-state index in [1.807, 2.05) is 20.8 Å². The van der Waals surface area contributed by atoms with Gasteiger partial charge < -0.3 is 10.3 Å². The van der Waals surface area contributed by atoms with Crippen molar-refractivity contribution in [3.05, 3.63) is 11.8 Å². The van der Waals surface area contributed by atoms with Gasteiger partial charge in [-0.2, -0.15) is 0 Å². The number of aryl methyl sites for hydroxylation is 1. The van der Waals surface area contributed by atoms with E-state index in [0.29, 0.717) is 5.82 Å². The zero-order valence-electron chi connectivity index (χ0n) is 6.72. The normalized spacial score (nSPS) is 8.30. The number of nitrogens with two attached hydrogens (primary N) is 1. The summed E-state index contributed by atoms with van der Waals surface area (Å²) in [5.74, 6) is 1.30. The second-order valence-corrected chi connectivity index (χ2v) is 1.57. The van der Waals surface area contributed by atoms with E-state index in [4.69, 9.17) is 10.3 Å². The maximum absolute atomic E-state index is 5.25. The molecule has 0 aliphatic carbocycles. The summed E-state index contributed by atoms with van der Waals surface area (Å²) in [5, 5.41) is 3.49. The molecule has 0 radical (unpaired) electrons. The molecule has 10 heavy (non-hydrogen) atoms. The van der Waals surface area contributed by atoms with Crippen LogP contribution < -0.4 is 5.73 Å². The average molecular weight is 142 g/mol. The summed E-state index contributed by atoms with van der Waals surface area (Å²) >= 11 is 0. The lowest BCUT2D eigenvalue weighted by Crippen LogP contribution is -1.80. The van der Waals surface area contributed by atoms with Gasteiger partial charge in [0.2, 0.25) is 0 Å². The summed E-state index contributed by atoms with van der Waals surface area (Å²) in [5.41, 5.74) is 5.25. The molecule has 3 heteroatoms. The van der Waals surface area contributed by atoms with Crippen LogP contribution in [0.5, 0.6) is 0 Å². The molecule has 1 rings (SSSR count). The van der Waals surface area contributed by atoms with Crippen molar-refractivity contribution in [1.82, 2.24) is 5.16 Å². The molecule has 3 nitrogen and oxygen atoms in total. The second kappa shape index (κ2) is 4.85. The summed E-state index contributed by atoms with van der Waals surface area (Å²) in [6, 6.07) is 1.72. The minimum Gasteiger partial charge on any atom is -0.381 e. The summed E-state index contributed by atoms with van der Waals surface area (Å²) in [7, 11) is 0. The summed E-state index contributed by atoms with van der Waals surface area (Å²) in [6.07, 6.45) is 0.851. The van der Waals surface area contributed by atoms with Gasteiger partial charge in [-0.1, -0.05) is 25.9 Å². The van der Waals surface area contributed by atoms with Crippen LogP contribution in [0.25, 0.3) is 0 Å². The van der Waals surface area contributed by atoms with Crippen LogP contribution in [0.15, 0.2) is 10.6 Å². The summed E-state index contributed by atoms with van der Waals surface area (Å²) in [4.78, 5) is 0. The number of anilines is 1. The van der Waals surface area contributed by atoms with E-state index in [-0.39, 0.29) is 0 Å². The minimum absolute atomic E-state index is 0.460. The van der Waals surface area contributed by atoms with Crippen molar-refractivity contribution in [2.24, 2.45) is 0 Å². The number of nitrogens with zero attached hydrogens (tertiary/aromatic N) is 1. The Labute approximate surface area is 61.2 Å². The third-order valence-electron chi connectivity index (χ3n) is 0.926. The van der Waals surface area contributed by atoms with E-state index in [0.717, 1.165) is 12.2 Å². The van der Waals surface area contributed by atoms with E-state index >= 15 is 0 Å². The van der Waals surface area contributed by atoms with E-state index < -0.39 is 0 Å². The SMILES string of the molecule is CC.CCc1cc(N)no1. The quantitative estimate of drug-likeness (QED) is 0.651. The van der Waals surface area contributed by atoms with Gasteiger partial charge in [0.1, 0.15) is 5.76 Å². The zero-order valence-corrected chi connectivity index (χ0v) is 6.72. The lowest BCUT2D eigenvalue weighted by molar-refractivity contribution is 0.389. The molecule has 0 amide bonds. The molecule has 0 atom stereocenters. The van der Waals surface area contributed by atoms with E-state index in [9.17, 15) is 0 Å². The molecule has 0 aliphatic heterocycles. The number of nitrogen functional groups attached to an aromatic ring is 1. The van der Waals surface area contributed by atoms with Crippen molar-refractivity contribution >= 4 is 5.82 Å². The van der Waals surface area contributed by atoms with Crippen LogP contribution >= 0.6 is 0 Å². The van der Waals surface area contributed by atoms with Gasteiger partial charge in [0, 0.05) is 12.5 Å². The van der Waals surface area contributed by atoms with Crippen molar-refractivity contribution in [3.8, 4) is 0 Å². The Morgan fingerprint density at radius 1 is 1.60 bits per heavy atom. The van der Waals surface area contributed by atoms with Crippen LogP contribution in [-0.2, 0) is 6.42 Å². The molecular formula is C7H14N2O. The summed E-state index contributed by atoms with van der Waals surface area (Å²) in [6.45, 7) is 5.99. The highest BCUT2D eigenvalue weighted by Crippen LogP contribution is 2.03. The average Bonchev–Trinajstić information content (AvgIpc) is 2.40. The van der Waals surface area contributed by atoms with Crippen LogP contribution in [0.2, 0.25) is 0 Å². The van der Waals surface area contributed by atoms with Crippen molar-refractivity contribution in [3.63, 3.8) is 0 Å². The Morgan fingerprint density at radius 3 is 2.40 bits per heavy atom. The largest absolute Gasteiger partial charge is 0.381 e. The molecule has 0 spiro atoms. The molecule has 0 fully saturated rings. The molecule has 0 saturated heterocycles. The Hall–Kier alpha value is -0.990. The highest BCUT2D eigenvalue weighted by atomic mass is 16.5. The Balaban J connectivity index is 0.000000371. The first-order valence-corrected chi connectivity index (χ1v) is 3.54. The smallest absolute Gasteiger partial charge is 0.167 e. The molecule has 0 saturated carbocycles. The van der Waals surface area contributed by atoms with Crippen LogP contribution in [0.4, 0.5) is 5.82 Å². The monoisotopic (exact) mass is 142 g/mol. The molecule has 2 N–H and O–H groups in total. The van der Waals surface area contributed by atoms with Crippen molar-refractivity contribution in [2.45, 2.75) is 27.2 Å². The first-order valence-electron chi connectivity index (χ1n) is 3.54. The highest BCUT2D eigenvalue weighted by molar-refractivity contribution is 5.26. The number of hydrogen-bond acceptors (Lipinski definition) is 3. The highest BCUT2D eigenvalue weighted by Gasteiger charge is 1.94. The third kappa shape index (κ3) is 2.53. The maximum Gasteiger partial charge on any atom is 0.167 e. The minimum atomic E-state index is 0.460. The van der Waals surface area contributed by atoms with Crippen LogP contribution in [0.3, 0.4) is 0 Å². The van der Waals surface area contributed by atoms with Crippen molar-refractivity contribution < 1.29 is 4.52 Å². The van der Waals surface area contributed by atoms with E-state index in [1.54, 1.807) is 6.07 Å². The second-order valence-electron chi connectivity index (χ2n) is 1.57. The lowest BCUT2D eigenvalue weighted by Gasteiger charge is -1.76. The van der Waals surface area contributed by atoms with Gasteiger partial charge in [0.05, 0.1) is 0 Å². The van der Waals surface area contributed by atoms with Gasteiger partial charge in [0.15, 0.2) is 5.82 Å². The Kier molecular flexibility index (Phi) is 4.37. The third-order valence-corrected chi connectivity index (χ3v) is 0.926. The first kappa shape index (κ1) is 9.01. The number of rotatable bonds is 1. The van der Waals surface area contributed by atoms with Gasteiger partial charge >= 0.3 is 0 Å². The first-order chi connectivity index (χ1) is 4.83. The Morgan fingerprint density at radius 2 is 2.20 bits per heavy atom. The van der Waals surface area contributed by atoms with Crippen molar-refractivity contribution in [2.75, 3.05) is 5.73 Å². The fraction of sp³-hybridized carbons (Fsp3) is 0.571. The molecule has 58 valence electrons. The Bertz CT molecular complexity index is 172. The maximum atomic E-state index is 5.25. The molecule has 0 aliphatic rings. The van der Waals surface area contributed by atoms with Gasteiger partial charge in [-0.3, -0.25) is 0 Å². The molecule has 0 unspecified atom stereocenters. The molecule has 1 aromatic rings. The molecule has 0 bridgehead atoms.